The molecule has 4 rings (SSSR count). The van der Waals surface area contributed by atoms with E-state index in [0.717, 1.165) is 23.9 Å². The number of carboxylic acids is 1. The Bertz CT molecular complexity index is 878. The van der Waals surface area contributed by atoms with Gasteiger partial charge in [-0.1, -0.05) is 12.8 Å². The van der Waals surface area contributed by atoms with Crippen LogP contribution in [0.15, 0.2) is 17.1 Å². The average molecular weight is 297 g/mol. The summed E-state index contributed by atoms with van der Waals surface area (Å²) in [7, 11) is 0. The van der Waals surface area contributed by atoms with Crippen LogP contribution in [0.25, 0.3) is 10.9 Å². The second-order valence-electron chi connectivity index (χ2n) is 6.67. The van der Waals surface area contributed by atoms with Crippen molar-refractivity contribution in [2.45, 2.75) is 51.5 Å². The van der Waals surface area contributed by atoms with Crippen LogP contribution < -0.4 is 5.43 Å². The van der Waals surface area contributed by atoms with Gasteiger partial charge in [-0.25, -0.2) is 4.79 Å². The molecule has 2 atom stereocenters. The Kier molecular flexibility index (Phi) is 2.74. The number of hydrogen-bond donors (Lipinski definition) is 1. The third kappa shape index (κ3) is 1.58. The third-order valence-electron chi connectivity index (χ3n) is 5.57. The molecule has 1 N–H and O–H groups in total. The maximum atomic E-state index is 12.6. The summed E-state index contributed by atoms with van der Waals surface area (Å²) >= 11 is 0. The topological polar surface area (TPSA) is 59.3 Å². The normalized spacial score (nSPS) is 22.8. The van der Waals surface area contributed by atoms with Crippen LogP contribution in [0.4, 0.5) is 0 Å². The van der Waals surface area contributed by atoms with Crippen molar-refractivity contribution in [1.82, 2.24) is 4.57 Å². The number of hydrogen-bond acceptors (Lipinski definition) is 2. The Hall–Kier alpha value is -2.10. The summed E-state index contributed by atoms with van der Waals surface area (Å²) in [5.74, 6) is -0.700. The minimum Gasteiger partial charge on any atom is -0.477 e. The molecule has 4 heteroatoms. The predicted octanol–water partition coefficient (Wildman–Crippen LogP) is 3.53. The van der Waals surface area contributed by atoms with Crippen molar-refractivity contribution in [3.05, 3.63) is 44.7 Å². The molecule has 1 aromatic heterocycles. The molecule has 0 amide bonds. The largest absolute Gasteiger partial charge is 0.477 e. The first-order valence-electron chi connectivity index (χ1n) is 7.93. The first-order chi connectivity index (χ1) is 10.5. The standard InChI is InChI=1S/C18H19NO3/c1-9-7-12-16-15(10(9)2)11-5-3-4-6-14(11)19(16)8-13(17(12)20)18(21)22/h7-8,11,14H,3-6H2,1-2H3,(H,21,22). The van der Waals surface area contributed by atoms with Crippen LogP contribution in [0, 0.1) is 13.8 Å². The summed E-state index contributed by atoms with van der Waals surface area (Å²) in [5, 5.41) is 9.94. The van der Waals surface area contributed by atoms with Crippen molar-refractivity contribution in [3.8, 4) is 0 Å². The zero-order valence-electron chi connectivity index (χ0n) is 12.8. The van der Waals surface area contributed by atoms with E-state index >= 15 is 0 Å². The molecule has 1 aromatic carbocycles. The van der Waals surface area contributed by atoms with E-state index in [-0.39, 0.29) is 11.0 Å². The van der Waals surface area contributed by atoms with Gasteiger partial charge in [0.05, 0.1) is 5.52 Å². The number of aryl methyl sites for hydroxylation is 1. The van der Waals surface area contributed by atoms with Gasteiger partial charge in [0.25, 0.3) is 0 Å². The van der Waals surface area contributed by atoms with Crippen molar-refractivity contribution < 1.29 is 9.90 Å². The highest BCUT2D eigenvalue weighted by Gasteiger charge is 2.38. The molecule has 2 aliphatic rings. The minimum atomic E-state index is -1.13. The molecule has 0 radical (unpaired) electrons. The number of nitrogens with zero attached hydrogens (tertiary/aromatic N) is 1. The first kappa shape index (κ1) is 13.6. The molecule has 0 saturated heterocycles. The second-order valence-corrected chi connectivity index (χ2v) is 6.67. The van der Waals surface area contributed by atoms with E-state index in [0.29, 0.717) is 17.3 Å². The number of aromatic carboxylic acids is 1. The molecule has 1 saturated carbocycles. The summed E-state index contributed by atoms with van der Waals surface area (Å²) < 4.78 is 2.09. The van der Waals surface area contributed by atoms with Crippen LogP contribution in [0.2, 0.25) is 0 Å². The van der Waals surface area contributed by atoms with Gasteiger partial charge in [-0.15, -0.1) is 0 Å². The lowest BCUT2D eigenvalue weighted by molar-refractivity contribution is 0.0694. The SMILES string of the molecule is Cc1cc2c(=O)c(C(=O)O)cn3c2c(c1C)C1CCCCC13. The van der Waals surface area contributed by atoms with Gasteiger partial charge < -0.3 is 9.67 Å². The highest BCUT2D eigenvalue weighted by atomic mass is 16.4. The molecule has 4 nitrogen and oxygen atoms in total. The van der Waals surface area contributed by atoms with Crippen LogP contribution >= 0.6 is 0 Å². The van der Waals surface area contributed by atoms with Gasteiger partial charge in [0.2, 0.25) is 5.43 Å². The Morgan fingerprint density at radius 2 is 2.00 bits per heavy atom. The van der Waals surface area contributed by atoms with E-state index in [9.17, 15) is 14.7 Å². The number of rotatable bonds is 1. The Balaban J connectivity index is 2.18. The molecule has 2 unspecified atom stereocenters. The van der Waals surface area contributed by atoms with Crippen LogP contribution in [0.3, 0.4) is 0 Å². The minimum absolute atomic E-state index is 0.104. The summed E-state index contributed by atoms with van der Waals surface area (Å²) in [4.78, 5) is 24.0. The van der Waals surface area contributed by atoms with Crippen LogP contribution in [0.1, 0.15) is 64.7 Å². The van der Waals surface area contributed by atoms with Gasteiger partial charge in [0.1, 0.15) is 5.56 Å². The van der Waals surface area contributed by atoms with Gasteiger partial charge in [0, 0.05) is 23.5 Å². The summed E-state index contributed by atoms with van der Waals surface area (Å²) in [6.45, 7) is 4.14. The number of pyridine rings is 1. The summed E-state index contributed by atoms with van der Waals surface area (Å²) in [6.07, 6.45) is 6.16. The molecular weight excluding hydrogens is 278 g/mol. The van der Waals surface area contributed by atoms with Crippen LogP contribution in [-0.2, 0) is 0 Å². The predicted molar refractivity (Wildman–Crippen MR) is 84.9 cm³/mol. The van der Waals surface area contributed by atoms with Crippen molar-refractivity contribution in [3.63, 3.8) is 0 Å². The fraction of sp³-hybridized carbons (Fsp3) is 0.444. The van der Waals surface area contributed by atoms with Gasteiger partial charge >= 0.3 is 5.97 Å². The second kappa shape index (κ2) is 4.45. The lowest BCUT2D eigenvalue weighted by Gasteiger charge is -2.28. The molecule has 1 aliphatic carbocycles. The molecule has 0 spiro atoms. The Labute approximate surface area is 128 Å². The van der Waals surface area contributed by atoms with E-state index < -0.39 is 5.97 Å². The Morgan fingerprint density at radius 1 is 1.27 bits per heavy atom. The lowest BCUT2D eigenvalue weighted by Crippen LogP contribution is -2.20. The Morgan fingerprint density at radius 3 is 2.73 bits per heavy atom. The fourth-order valence-corrected chi connectivity index (χ4v) is 4.44. The molecule has 2 aromatic rings. The van der Waals surface area contributed by atoms with E-state index in [1.165, 1.54) is 24.0 Å². The molecule has 114 valence electrons. The maximum absolute atomic E-state index is 12.6. The summed E-state index contributed by atoms with van der Waals surface area (Å²) in [5.41, 5.74) is 4.16. The lowest BCUT2D eigenvalue weighted by atomic mass is 9.80. The zero-order valence-corrected chi connectivity index (χ0v) is 12.8. The maximum Gasteiger partial charge on any atom is 0.341 e. The van der Waals surface area contributed by atoms with Gasteiger partial charge in [-0.2, -0.15) is 0 Å². The highest BCUT2D eigenvalue weighted by molar-refractivity contribution is 5.95. The van der Waals surface area contributed by atoms with E-state index in [1.807, 2.05) is 13.0 Å². The monoisotopic (exact) mass is 297 g/mol. The van der Waals surface area contributed by atoms with Gasteiger partial charge in [0.15, 0.2) is 0 Å². The van der Waals surface area contributed by atoms with Gasteiger partial charge in [-0.05, 0) is 49.4 Å². The van der Waals surface area contributed by atoms with Crippen molar-refractivity contribution in [2.24, 2.45) is 0 Å². The number of carbonyl (C=O) groups is 1. The van der Waals surface area contributed by atoms with Crippen LogP contribution in [0.5, 0.6) is 0 Å². The summed E-state index contributed by atoms with van der Waals surface area (Å²) in [6, 6.07) is 2.18. The number of benzene rings is 1. The third-order valence-corrected chi connectivity index (χ3v) is 5.57. The molecule has 0 bridgehead atoms. The number of fused-ring (bicyclic) bond motifs is 3. The molecule has 2 heterocycles. The van der Waals surface area contributed by atoms with E-state index in [4.69, 9.17) is 0 Å². The van der Waals surface area contributed by atoms with E-state index in [2.05, 4.69) is 11.5 Å². The highest BCUT2D eigenvalue weighted by Crippen LogP contribution is 2.50. The smallest absolute Gasteiger partial charge is 0.341 e. The van der Waals surface area contributed by atoms with Crippen LogP contribution in [-0.4, -0.2) is 15.6 Å². The average Bonchev–Trinajstić information content (AvgIpc) is 2.82. The molecule has 22 heavy (non-hydrogen) atoms. The van der Waals surface area contributed by atoms with Crippen molar-refractivity contribution in [2.75, 3.05) is 0 Å². The molecular formula is C18H19NO3. The number of aromatic nitrogens is 1. The molecule has 1 fully saturated rings. The quantitative estimate of drug-likeness (QED) is 0.876. The fourth-order valence-electron chi connectivity index (χ4n) is 4.44. The van der Waals surface area contributed by atoms with Crippen molar-refractivity contribution in [1.29, 1.82) is 0 Å². The van der Waals surface area contributed by atoms with Gasteiger partial charge in [-0.3, -0.25) is 4.79 Å². The number of carboxylic acid groups (broad SMARTS) is 1. The zero-order chi connectivity index (χ0) is 15.6. The van der Waals surface area contributed by atoms with Crippen molar-refractivity contribution >= 4 is 16.9 Å². The van der Waals surface area contributed by atoms with E-state index in [1.54, 1.807) is 6.20 Å². The molecule has 1 aliphatic heterocycles. The first-order valence-corrected chi connectivity index (χ1v) is 7.93.